The van der Waals surface area contributed by atoms with E-state index < -0.39 is 5.97 Å². The third-order valence-corrected chi connectivity index (χ3v) is 6.55. The molecule has 150 valence electrons. The molecule has 0 aliphatic rings. The molecule has 3 rings (SSSR count). The first-order valence-corrected chi connectivity index (χ1v) is 11.7. The molecule has 0 atom stereocenters. The summed E-state index contributed by atoms with van der Waals surface area (Å²) in [5.74, 6) is -0.429. The number of thiophene rings is 1. The fraction of sp³-hybridized carbons (Fsp3) is 0.143. The van der Waals surface area contributed by atoms with Crippen molar-refractivity contribution in [2.45, 2.75) is 11.8 Å². The molecule has 0 aliphatic carbocycles. The zero-order chi connectivity index (χ0) is 20.8. The van der Waals surface area contributed by atoms with Gasteiger partial charge in [-0.3, -0.25) is 4.79 Å². The van der Waals surface area contributed by atoms with Crippen molar-refractivity contribution in [3.63, 3.8) is 0 Å². The summed E-state index contributed by atoms with van der Waals surface area (Å²) in [6.45, 7) is 2.01. The molecule has 0 unspecified atom stereocenters. The molecule has 4 nitrogen and oxygen atoms in total. The lowest BCUT2D eigenvalue weighted by Crippen LogP contribution is -2.16. The van der Waals surface area contributed by atoms with Gasteiger partial charge in [-0.25, -0.2) is 4.79 Å². The van der Waals surface area contributed by atoms with Crippen molar-refractivity contribution >= 4 is 67.5 Å². The zero-order valence-corrected chi connectivity index (χ0v) is 19.4. The van der Waals surface area contributed by atoms with Crippen LogP contribution < -0.4 is 5.32 Å². The number of benzene rings is 2. The molecule has 1 aromatic heterocycles. The number of rotatable bonds is 7. The number of anilines is 1. The highest BCUT2D eigenvalue weighted by Gasteiger charge is 2.22. The van der Waals surface area contributed by atoms with Crippen LogP contribution in [0.15, 0.2) is 63.3 Å². The standard InChI is InChI=1S/C21H17BrClNO3S2/c1-2-27-21(26)19-17(13-3-5-14(22)6-4-13)11-29-20(19)24-18(25)12-28-16-9-7-15(23)8-10-16/h3-11H,2,12H2,1H3,(H,24,25). The maximum Gasteiger partial charge on any atom is 0.341 e. The van der Waals surface area contributed by atoms with Crippen LogP contribution in [-0.2, 0) is 9.53 Å². The summed E-state index contributed by atoms with van der Waals surface area (Å²) in [6.07, 6.45) is 0. The molecule has 0 aliphatic heterocycles. The highest BCUT2D eigenvalue weighted by Crippen LogP contribution is 2.37. The molecule has 0 saturated carbocycles. The monoisotopic (exact) mass is 509 g/mol. The maximum absolute atomic E-state index is 12.6. The van der Waals surface area contributed by atoms with E-state index in [0.717, 1.165) is 20.5 Å². The number of amides is 1. The number of hydrogen-bond donors (Lipinski definition) is 1. The molecule has 1 amide bonds. The Hall–Kier alpha value is -1.80. The summed E-state index contributed by atoms with van der Waals surface area (Å²) in [5, 5.41) is 5.85. The number of ether oxygens (including phenoxy) is 1. The molecule has 1 N–H and O–H groups in total. The van der Waals surface area contributed by atoms with Crippen LogP contribution >= 0.6 is 50.6 Å². The molecule has 0 fully saturated rings. The third-order valence-electron chi connectivity index (χ3n) is 3.86. The number of esters is 1. The van der Waals surface area contributed by atoms with E-state index in [1.54, 1.807) is 19.1 Å². The molecule has 0 bridgehead atoms. The van der Waals surface area contributed by atoms with Gasteiger partial charge in [0.2, 0.25) is 5.91 Å². The minimum Gasteiger partial charge on any atom is -0.462 e. The van der Waals surface area contributed by atoms with Gasteiger partial charge in [0.1, 0.15) is 10.6 Å². The van der Waals surface area contributed by atoms with Gasteiger partial charge in [-0.05, 0) is 48.9 Å². The van der Waals surface area contributed by atoms with Crippen molar-refractivity contribution in [2.75, 3.05) is 17.7 Å². The topological polar surface area (TPSA) is 55.4 Å². The fourth-order valence-electron chi connectivity index (χ4n) is 2.54. The largest absolute Gasteiger partial charge is 0.462 e. The lowest BCUT2D eigenvalue weighted by atomic mass is 10.0. The van der Waals surface area contributed by atoms with Crippen LogP contribution in [0.25, 0.3) is 11.1 Å². The van der Waals surface area contributed by atoms with Gasteiger partial charge in [-0.2, -0.15) is 0 Å². The van der Waals surface area contributed by atoms with Gasteiger partial charge in [0.15, 0.2) is 0 Å². The molecule has 1 heterocycles. The molecular weight excluding hydrogens is 494 g/mol. The second-order valence-electron chi connectivity index (χ2n) is 5.87. The second kappa shape index (κ2) is 10.3. The van der Waals surface area contributed by atoms with Crippen molar-refractivity contribution in [1.82, 2.24) is 0 Å². The summed E-state index contributed by atoms with van der Waals surface area (Å²) < 4.78 is 6.17. The smallest absolute Gasteiger partial charge is 0.341 e. The summed E-state index contributed by atoms with van der Waals surface area (Å²) in [7, 11) is 0. The molecule has 2 aromatic carbocycles. The number of halogens is 2. The van der Waals surface area contributed by atoms with Crippen LogP contribution in [0.4, 0.5) is 5.00 Å². The van der Waals surface area contributed by atoms with Crippen molar-refractivity contribution in [3.8, 4) is 11.1 Å². The van der Waals surface area contributed by atoms with Crippen LogP contribution in [-0.4, -0.2) is 24.2 Å². The normalized spacial score (nSPS) is 10.6. The van der Waals surface area contributed by atoms with E-state index in [-0.39, 0.29) is 18.3 Å². The summed E-state index contributed by atoms with van der Waals surface area (Å²) in [5.41, 5.74) is 1.99. The molecule has 0 saturated heterocycles. The Bertz CT molecular complexity index is 1000. The molecule has 0 spiro atoms. The highest BCUT2D eigenvalue weighted by atomic mass is 79.9. The number of hydrogen-bond acceptors (Lipinski definition) is 5. The SMILES string of the molecule is CCOC(=O)c1c(-c2ccc(Br)cc2)csc1NC(=O)CSc1ccc(Cl)cc1. The number of thioether (sulfide) groups is 1. The Morgan fingerprint density at radius 3 is 2.48 bits per heavy atom. The predicted octanol–water partition coefficient (Wildman–Crippen LogP) is 6.74. The number of nitrogens with one attached hydrogen (secondary N) is 1. The minimum atomic E-state index is -0.452. The minimum absolute atomic E-state index is 0.195. The van der Waals surface area contributed by atoms with Crippen molar-refractivity contribution < 1.29 is 14.3 Å². The zero-order valence-electron chi connectivity index (χ0n) is 15.4. The van der Waals surface area contributed by atoms with Gasteiger partial charge >= 0.3 is 5.97 Å². The Morgan fingerprint density at radius 1 is 1.14 bits per heavy atom. The quantitative estimate of drug-likeness (QED) is 0.282. The highest BCUT2D eigenvalue weighted by molar-refractivity contribution is 9.10. The third kappa shape index (κ3) is 5.85. The van der Waals surface area contributed by atoms with Gasteiger partial charge in [-0.15, -0.1) is 23.1 Å². The Labute approximate surface area is 190 Å². The van der Waals surface area contributed by atoms with Gasteiger partial charge in [0.25, 0.3) is 0 Å². The predicted molar refractivity (Wildman–Crippen MR) is 124 cm³/mol. The molecule has 0 radical (unpaired) electrons. The first kappa shape index (κ1) is 21.9. The second-order valence-corrected chi connectivity index (χ2v) is 9.15. The van der Waals surface area contributed by atoms with Gasteiger partial charge in [0.05, 0.1) is 12.4 Å². The molecule has 8 heteroatoms. The first-order chi connectivity index (χ1) is 14.0. The van der Waals surface area contributed by atoms with Crippen LogP contribution in [0, 0.1) is 0 Å². The van der Waals surface area contributed by atoms with Crippen LogP contribution in [0.5, 0.6) is 0 Å². The van der Waals surface area contributed by atoms with E-state index >= 15 is 0 Å². The molecule has 29 heavy (non-hydrogen) atoms. The van der Waals surface area contributed by atoms with E-state index in [2.05, 4.69) is 21.2 Å². The molecule has 3 aromatic rings. The fourth-order valence-corrected chi connectivity index (χ4v) is 4.60. The number of carbonyl (C=O) groups excluding carboxylic acids is 2. The average Bonchev–Trinajstić information content (AvgIpc) is 3.12. The van der Waals surface area contributed by atoms with Crippen LogP contribution in [0.1, 0.15) is 17.3 Å². The van der Waals surface area contributed by atoms with E-state index in [9.17, 15) is 9.59 Å². The Balaban J connectivity index is 1.78. The Morgan fingerprint density at radius 2 is 1.83 bits per heavy atom. The lowest BCUT2D eigenvalue weighted by molar-refractivity contribution is -0.113. The van der Waals surface area contributed by atoms with Gasteiger partial charge in [0, 0.05) is 25.3 Å². The van der Waals surface area contributed by atoms with Crippen molar-refractivity contribution in [2.24, 2.45) is 0 Å². The van der Waals surface area contributed by atoms with Crippen molar-refractivity contribution in [1.29, 1.82) is 0 Å². The summed E-state index contributed by atoms with van der Waals surface area (Å²) in [6, 6.07) is 14.9. The lowest BCUT2D eigenvalue weighted by Gasteiger charge is -2.09. The Kier molecular flexibility index (Phi) is 7.77. The molecular formula is C21H17BrClNO3S2. The first-order valence-electron chi connectivity index (χ1n) is 8.70. The van der Waals surface area contributed by atoms with E-state index in [4.69, 9.17) is 16.3 Å². The van der Waals surface area contributed by atoms with Gasteiger partial charge in [-0.1, -0.05) is 39.7 Å². The summed E-state index contributed by atoms with van der Waals surface area (Å²) >= 11 is 12.0. The average molecular weight is 511 g/mol. The van der Waals surface area contributed by atoms with Gasteiger partial charge < -0.3 is 10.1 Å². The van der Waals surface area contributed by atoms with E-state index in [1.165, 1.54) is 23.1 Å². The maximum atomic E-state index is 12.6. The van der Waals surface area contributed by atoms with E-state index in [1.807, 2.05) is 41.8 Å². The number of carbonyl (C=O) groups is 2. The van der Waals surface area contributed by atoms with Crippen molar-refractivity contribution in [3.05, 3.63) is 69.0 Å². The van der Waals surface area contributed by atoms with Crippen LogP contribution in [0.3, 0.4) is 0 Å². The summed E-state index contributed by atoms with van der Waals surface area (Å²) in [4.78, 5) is 26.0. The van der Waals surface area contributed by atoms with Crippen LogP contribution in [0.2, 0.25) is 5.02 Å². The van der Waals surface area contributed by atoms with E-state index in [0.29, 0.717) is 15.6 Å².